The first-order valence-electron chi connectivity index (χ1n) is 12.1. The number of nitrogens with zero attached hydrogens (tertiary/aromatic N) is 2. The van der Waals surface area contributed by atoms with Crippen molar-refractivity contribution in [3.63, 3.8) is 0 Å². The average Bonchev–Trinajstić information content (AvgIpc) is 3.42. The molecule has 1 fully saturated rings. The molecule has 0 saturated carbocycles. The number of thiazole rings is 1. The molecule has 1 aromatic heterocycles. The van der Waals surface area contributed by atoms with Crippen molar-refractivity contribution < 1.29 is 23.5 Å². The Labute approximate surface area is 215 Å². The quantitative estimate of drug-likeness (QED) is 0.195. The Balaban J connectivity index is 1.55. The first kappa shape index (κ1) is 23.5. The second kappa shape index (κ2) is 8.88. The maximum Gasteiger partial charge on any atom is 0.301 e. The van der Waals surface area contributed by atoms with E-state index in [0.29, 0.717) is 11.1 Å². The molecule has 0 spiro atoms. The van der Waals surface area contributed by atoms with Gasteiger partial charge in [0.05, 0.1) is 16.3 Å². The van der Waals surface area contributed by atoms with E-state index in [1.165, 1.54) is 10.5 Å². The molecule has 186 valence electrons. The maximum absolute atomic E-state index is 14.4. The molecule has 1 saturated heterocycles. The molecule has 2 aliphatic rings. The number of aromatic nitrogens is 1. The van der Waals surface area contributed by atoms with Gasteiger partial charge in [-0.25, -0.2) is 13.8 Å². The van der Waals surface area contributed by atoms with Crippen LogP contribution in [0.1, 0.15) is 46.7 Å². The van der Waals surface area contributed by atoms with E-state index in [1.54, 1.807) is 18.2 Å². The maximum atomic E-state index is 14.4. The van der Waals surface area contributed by atoms with Crippen molar-refractivity contribution >= 4 is 44.1 Å². The molecule has 1 N–H and O–H groups in total. The number of halogens is 2. The first-order valence-corrected chi connectivity index (χ1v) is 12.9. The normalized spacial score (nSPS) is 19.0. The minimum atomic E-state index is -0.982. The third-order valence-corrected chi connectivity index (χ3v) is 8.03. The van der Waals surface area contributed by atoms with Gasteiger partial charge in [0, 0.05) is 11.6 Å². The zero-order chi connectivity index (χ0) is 25.8. The van der Waals surface area contributed by atoms with Gasteiger partial charge in [0.25, 0.3) is 5.78 Å². The van der Waals surface area contributed by atoms with E-state index >= 15 is 0 Å². The zero-order valence-corrected chi connectivity index (χ0v) is 20.7. The van der Waals surface area contributed by atoms with Crippen molar-refractivity contribution in [1.82, 2.24) is 4.98 Å². The van der Waals surface area contributed by atoms with E-state index in [0.717, 1.165) is 60.3 Å². The number of benzene rings is 3. The largest absolute Gasteiger partial charge is 0.507 e. The molecule has 0 radical (unpaired) electrons. The molecular weight excluding hydrogens is 494 g/mol. The predicted molar refractivity (Wildman–Crippen MR) is 139 cm³/mol. The number of Topliss-reactive ketones (excluding diaryl/α,β-unsaturated/α-hetero) is 1. The number of aliphatic hydroxyl groups is 1. The van der Waals surface area contributed by atoms with E-state index in [9.17, 15) is 23.5 Å². The zero-order valence-electron chi connectivity index (χ0n) is 19.9. The number of rotatable bonds is 3. The van der Waals surface area contributed by atoms with Crippen LogP contribution in [0, 0.1) is 18.6 Å². The molecule has 2 heterocycles. The SMILES string of the molecule is Cc1cccc(C2/C(=C(\O)c3ccc4c(c3)CCCC4)C(=O)C(=O)N2c2nc3c(F)cc(F)cc3s2)c1. The van der Waals surface area contributed by atoms with Crippen LogP contribution in [0.15, 0.2) is 60.2 Å². The van der Waals surface area contributed by atoms with Crippen LogP contribution in [0.3, 0.4) is 0 Å². The number of carbonyl (C=O) groups excluding carboxylic acids is 2. The van der Waals surface area contributed by atoms with Crippen LogP contribution < -0.4 is 4.90 Å². The molecule has 5 nitrogen and oxygen atoms in total. The number of hydrogen-bond acceptors (Lipinski definition) is 5. The number of anilines is 1. The summed E-state index contributed by atoms with van der Waals surface area (Å²) in [5, 5.41) is 11.5. The van der Waals surface area contributed by atoms with Gasteiger partial charge >= 0.3 is 5.91 Å². The molecule has 4 aromatic rings. The predicted octanol–water partition coefficient (Wildman–Crippen LogP) is 6.39. The summed E-state index contributed by atoms with van der Waals surface area (Å²) in [6, 6.07) is 13.8. The number of hydrogen-bond donors (Lipinski definition) is 1. The lowest BCUT2D eigenvalue weighted by Gasteiger charge is -2.23. The van der Waals surface area contributed by atoms with Gasteiger partial charge < -0.3 is 5.11 Å². The number of aliphatic hydroxyl groups excluding tert-OH is 1. The summed E-state index contributed by atoms with van der Waals surface area (Å²) in [4.78, 5) is 32.3. The molecular formula is C29H22F2N2O3S. The van der Waals surface area contributed by atoms with E-state index in [-0.39, 0.29) is 26.7 Å². The Morgan fingerprint density at radius 1 is 1.03 bits per heavy atom. The minimum Gasteiger partial charge on any atom is -0.507 e. The molecule has 1 aliphatic heterocycles. The monoisotopic (exact) mass is 516 g/mol. The van der Waals surface area contributed by atoms with Crippen molar-refractivity contribution in [2.45, 2.75) is 38.6 Å². The summed E-state index contributed by atoms with van der Waals surface area (Å²) >= 11 is 0.917. The average molecular weight is 517 g/mol. The minimum absolute atomic E-state index is 0.0533. The molecule has 6 rings (SSSR count). The Kier molecular flexibility index (Phi) is 5.64. The fourth-order valence-corrected chi connectivity index (χ4v) is 6.30. The highest BCUT2D eigenvalue weighted by Crippen LogP contribution is 2.45. The lowest BCUT2D eigenvalue weighted by Crippen LogP contribution is -2.29. The van der Waals surface area contributed by atoms with E-state index in [4.69, 9.17) is 0 Å². The molecule has 0 bridgehead atoms. The number of fused-ring (bicyclic) bond motifs is 2. The van der Waals surface area contributed by atoms with Crippen LogP contribution >= 0.6 is 11.3 Å². The molecule has 1 aliphatic carbocycles. The second-order valence-electron chi connectivity index (χ2n) is 9.50. The highest BCUT2D eigenvalue weighted by atomic mass is 32.1. The number of ketones is 1. The van der Waals surface area contributed by atoms with Gasteiger partial charge in [-0.2, -0.15) is 0 Å². The third-order valence-electron chi connectivity index (χ3n) is 7.03. The highest BCUT2D eigenvalue weighted by Gasteiger charge is 2.48. The van der Waals surface area contributed by atoms with E-state index < -0.39 is 29.4 Å². The van der Waals surface area contributed by atoms with E-state index in [1.807, 2.05) is 31.2 Å². The topological polar surface area (TPSA) is 70.5 Å². The van der Waals surface area contributed by atoms with E-state index in [2.05, 4.69) is 4.98 Å². The molecule has 8 heteroatoms. The van der Waals surface area contributed by atoms with Crippen LogP contribution in [0.4, 0.5) is 13.9 Å². The molecule has 1 atom stereocenters. The van der Waals surface area contributed by atoms with Gasteiger partial charge in [-0.15, -0.1) is 0 Å². The molecule has 1 unspecified atom stereocenters. The summed E-state index contributed by atoms with van der Waals surface area (Å²) in [5.41, 5.74) is 4.17. The standard InChI is InChI=1S/C29H22F2N2O3S/c1-15-5-4-8-18(11-15)25-23(26(34)19-10-9-16-6-2-3-7-17(16)12-19)27(35)28(36)33(25)29-32-24-21(31)13-20(30)14-22(24)37-29/h4-5,8-14,25,34H,2-3,6-7H2,1H3/b26-23+. The highest BCUT2D eigenvalue weighted by molar-refractivity contribution is 7.22. The first-order chi connectivity index (χ1) is 17.8. The van der Waals surface area contributed by atoms with Gasteiger partial charge in [-0.05, 0) is 61.4 Å². The fourth-order valence-electron chi connectivity index (χ4n) is 5.27. The number of aryl methyl sites for hydroxylation is 3. The van der Waals surface area contributed by atoms with Crippen molar-refractivity contribution in [1.29, 1.82) is 0 Å². The van der Waals surface area contributed by atoms with Crippen molar-refractivity contribution in [3.05, 3.63) is 99.6 Å². The Bertz CT molecular complexity index is 1640. The smallest absolute Gasteiger partial charge is 0.301 e. The third kappa shape index (κ3) is 3.92. The van der Waals surface area contributed by atoms with Gasteiger partial charge in [-0.3, -0.25) is 14.5 Å². The van der Waals surface area contributed by atoms with Crippen molar-refractivity contribution in [2.24, 2.45) is 0 Å². The van der Waals surface area contributed by atoms with Crippen LogP contribution in [0.25, 0.3) is 16.0 Å². The summed E-state index contributed by atoms with van der Waals surface area (Å²) in [6.45, 7) is 1.88. The summed E-state index contributed by atoms with van der Waals surface area (Å²) in [5.74, 6) is -3.61. The lowest BCUT2D eigenvalue weighted by atomic mass is 9.88. The van der Waals surface area contributed by atoms with Crippen LogP contribution in [-0.4, -0.2) is 21.8 Å². The Morgan fingerprint density at radius 3 is 2.59 bits per heavy atom. The summed E-state index contributed by atoms with van der Waals surface area (Å²) in [7, 11) is 0. The van der Waals surface area contributed by atoms with Crippen LogP contribution in [-0.2, 0) is 22.4 Å². The van der Waals surface area contributed by atoms with Crippen molar-refractivity contribution in [3.8, 4) is 0 Å². The van der Waals surface area contributed by atoms with Crippen LogP contribution in [0.5, 0.6) is 0 Å². The van der Waals surface area contributed by atoms with Crippen LogP contribution in [0.2, 0.25) is 0 Å². The molecule has 37 heavy (non-hydrogen) atoms. The number of amides is 1. The van der Waals surface area contributed by atoms with Gasteiger partial charge in [-0.1, -0.05) is 53.3 Å². The van der Waals surface area contributed by atoms with Gasteiger partial charge in [0.2, 0.25) is 0 Å². The Morgan fingerprint density at radius 2 is 1.81 bits per heavy atom. The number of carbonyl (C=O) groups is 2. The Hall–Kier alpha value is -3.91. The second-order valence-corrected chi connectivity index (χ2v) is 10.5. The van der Waals surface area contributed by atoms with Gasteiger partial charge in [0.15, 0.2) is 10.9 Å². The molecule has 1 amide bonds. The van der Waals surface area contributed by atoms with Gasteiger partial charge in [0.1, 0.15) is 17.1 Å². The molecule has 3 aromatic carbocycles. The summed E-state index contributed by atoms with van der Waals surface area (Å²) in [6.07, 6.45) is 4.03. The lowest BCUT2D eigenvalue weighted by molar-refractivity contribution is -0.132. The van der Waals surface area contributed by atoms with Crippen molar-refractivity contribution in [2.75, 3.05) is 4.90 Å². The summed E-state index contributed by atoms with van der Waals surface area (Å²) < 4.78 is 28.5. The fraction of sp³-hybridized carbons (Fsp3) is 0.207.